The molecule has 0 atom stereocenters. The first kappa shape index (κ1) is 22.8. The Morgan fingerprint density at radius 1 is 1.00 bits per heavy atom. The number of para-hydroxylation sites is 3. The monoisotopic (exact) mass is 494 g/mol. The molecule has 0 unspecified atom stereocenters. The summed E-state index contributed by atoms with van der Waals surface area (Å²) >= 11 is 1.21. The van der Waals surface area contributed by atoms with Gasteiger partial charge in [-0.05, 0) is 48.6 Å². The number of carbonyl (C=O) groups is 1. The highest BCUT2D eigenvalue weighted by Crippen LogP contribution is 2.23. The van der Waals surface area contributed by atoms with E-state index in [9.17, 15) is 13.2 Å². The molecule has 34 heavy (non-hydrogen) atoms. The molecular weight excluding hydrogens is 468 g/mol. The number of likely N-dealkylation sites (tertiary alicyclic amines) is 1. The van der Waals surface area contributed by atoms with Gasteiger partial charge >= 0.3 is 0 Å². The van der Waals surface area contributed by atoms with Crippen LogP contribution in [-0.4, -0.2) is 47.9 Å². The minimum atomic E-state index is -3.49. The zero-order chi connectivity index (χ0) is 23.5. The van der Waals surface area contributed by atoms with Crippen molar-refractivity contribution >= 4 is 38.3 Å². The standard InChI is InChI=1S/C25H26N4O3S2/c30-24(28-16-14-19(15-17-28)27-34(31,32)25-11-6-18-33-25)13-12-23-26-21-9-4-5-10-22(21)29(23)20-7-2-1-3-8-20/h1-11,18-19,27H,12-17H2. The number of benzene rings is 2. The second-order valence-electron chi connectivity index (χ2n) is 8.40. The molecule has 2 aromatic heterocycles. The molecule has 3 heterocycles. The third kappa shape index (κ3) is 4.77. The lowest BCUT2D eigenvalue weighted by molar-refractivity contribution is -0.132. The van der Waals surface area contributed by atoms with Crippen LogP contribution in [0.5, 0.6) is 0 Å². The van der Waals surface area contributed by atoms with Crippen LogP contribution in [0.15, 0.2) is 76.3 Å². The van der Waals surface area contributed by atoms with Crippen LogP contribution in [0.1, 0.15) is 25.1 Å². The fourth-order valence-corrected chi connectivity index (χ4v) is 6.74. The van der Waals surface area contributed by atoms with Crippen molar-refractivity contribution in [1.29, 1.82) is 0 Å². The number of hydrogen-bond acceptors (Lipinski definition) is 5. The zero-order valence-electron chi connectivity index (χ0n) is 18.6. The van der Waals surface area contributed by atoms with Gasteiger partial charge in [0.1, 0.15) is 10.0 Å². The third-order valence-electron chi connectivity index (χ3n) is 6.14. The van der Waals surface area contributed by atoms with Crippen LogP contribution < -0.4 is 4.72 Å². The SMILES string of the molecule is O=C(CCc1nc2ccccc2n1-c1ccccc1)N1CCC(NS(=O)(=O)c2cccs2)CC1. The van der Waals surface area contributed by atoms with Crippen molar-refractivity contribution in [3.63, 3.8) is 0 Å². The topological polar surface area (TPSA) is 84.3 Å². The molecule has 1 aliphatic heterocycles. The predicted octanol–water partition coefficient (Wildman–Crippen LogP) is 3.99. The summed E-state index contributed by atoms with van der Waals surface area (Å²) < 4.78 is 30.2. The molecule has 0 spiro atoms. The van der Waals surface area contributed by atoms with Gasteiger partial charge in [0.05, 0.1) is 11.0 Å². The maximum absolute atomic E-state index is 13.0. The lowest BCUT2D eigenvalue weighted by Crippen LogP contribution is -2.46. The molecular formula is C25H26N4O3S2. The van der Waals surface area contributed by atoms with E-state index < -0.39 is 10.0 Å². The van der Waals surface area contributed by atoms with E-state index in [1.165, 1.54) is 11.3 Å². The number of carbonyl (C=O) groups excluding carboxylic acids is 1. The van der Waals surface area contributed by atoms with E-state index in [1.807, 2.05) is 59.5 Å². The number of aromatic nitrogens is 2. The Morgan fingerprint density at radius 3 is 2.47 bits per heavy atom. The van der Waals surface area contributed by atoms with Crippen molar-refractivity contribution < 1.29 is 13.2 Å². The molecule has 0 saturated carbocycles. The van der Waals surface area contributed by atoms with Gasteiger partial charge in [-0.25, -0.2) is 18.1 Å². The summed E-state index contributed by atoms with van der Waals surface area (Å²) in [5, 5.41) is 1.75. The second-order valence-corrected chi connectivity index (χ2v) is 11.3. The highest BCUT2D eigenvalue weighted by Gasteiger charge is 2.27. The van der Waals surface area contributed by atoms with E-state index in [0.29, 0.717) is 43.0 Å². The molecule has 0 radical (unpaired) electrons. The van der Waals surface area contributed by atoms with Gasteiger partial charge in [-0.2, -0.15) is 0 Å². The molecule has 1 amide bonds. The molecule has 1 fully saturated rings. The first-order chi connectivity index (χ1) is 16.5. The smallest absolute Gasteiger partial charge is 0.250 e. The van der Waals surface area contributed by atoms with E-state index in [-0.39, 0.29) is 11.9 Å². The van der Waals surface area contributed by atoms with Crippen LogP contribution in [-0.2, 0) is 21.2 Å². The predicted molar refractivity (Wildman–Crippen MR) is 134 cm³/mol. The molecule has 1 N–H and O–H groups in total. The Kier molecular flexibility index (Phi) is 6.49. The summed E-state index contributed by atoms with van der Waals surface area (Å²) in [6.45, 7) is 1.09. The van der Waals surface area contributed by atoms with Crippen molar-refractivity contribution in [2.75, 3.05) is 13.1 Å². The van der Waals surface area contributed by atoms with Gasteiger partial charge in [0.2, 0.25) is 15.9 Å². The van der Waals surface area contributed by atoms with Crippen LogP contribution >= 0.6 is 11.3 Å². The first-order valence-electron chi connectivity index (χ1n) is 11.4. The Hall–Kier alpha value is -3.01. The highest BCUT2D eigenvalue weighted by atomic mass is 32.2. The number of rotatable bonds is 7. The number of aryl methyl sites for hydroxylation is 1. The van der Waals surface area contributed by atoms with E-state index in [4.69, 9.17) is 4.98 Å². The average Bonchev–Trinajstić information content (AvgIpc) is 3.52. The van der Waals surface area contributed by atoms with Crippen LogP contribution in [0.25, 0.3) is 16.7 Å². The molecule has 2 aromatic carbocycles. The Balaban J connectivity index is 1.22. The molecule has 1 saturated heterocycles. The molecule has 7 nitrogen and oxygen atoms in total. The summed E-state index contributed by atoms with van der Waals surface area (Å²) in [6.07, 6.45) is 2.12. The minimum Gasteiger partial charge on any atom is -0.343 e. The summed E-state index contributed by atoms with van der Waals surface area (Å²) in [4.78, 5) is 19.6. The van der Waals surface area contributed by atoms with Gasteiger partial charge < -0.3 is 4.90 Å². The van der Waals surface area contributed by atoms with E-state index in [2.05, 4.69) is 9.29 Å². The number of hydrogen-bond donors (Lipinski definition) is 1. The van der Waals surface area contributed by atoms with Crippen LogP contribution in [0.2, 0.25) is 0 Å². The highest BCUT2D eigenvalue weighted by molar-refractivity contribution is 7.91. The van der Waals surface area contributed by atoms with Crippen LogP contribution in [0, 0.1) is 0 Å². The number of nitrogens with zero attached hydrogens (tertiary/aromatic N) is 3. The summed E-state index contributed by atoms with van der Waals surface area (Å²) in [5.74, 6) is 0.936. The maximum atomic E-state index is 13.0. The zero-order valence-corrected chi connectivity index (χ0v) is 20.3. The Bertz CT molecular complexity index is 1370. The molecule has 1 aliphatic rings. The number of fused-ring (bicyclic) bond motifs is 1. The van der Waals surface area contributed by atoms with Crippen molar-refractivity contribution in [3.8, 4) is 5.69 Å². The number of piperidine rings is 1. The molecule has 5 rings (SSSR count). The lowest BCUT2D eigenvalue weighted by Gasteiger charge is -2.32. The molecule has 0 aliphatic carbocycles. The largest absolute Gasteiger partial charge is 0.343 e. The maximum Gasteiger partial charge on any atom is 0.250 e. The molecule has 176 valence electrons. The quantitative estimate of drug-likeness (QED) is 0.421. The van der Waals surface area contributed by atoms with Crippen molar-refractivity contribution in [1.82, 2.24) is 19.2 Å². The van der Waals surface area contributed by atoms with Crippen LogP contribution in [0.3, 0.4) is 0 Å². The minimum absolute atomic E-state index is 0.0752. The van der Waals surface area contributed by atoms with Crippen molar-refractivity contribution in [3.05, 3.63) is 77.9 Å². The van der Waals surface area contributed by atoms with Crippen molar-refractivity contribution in [2.24, 2.45) is 0 Å². The fraction of sp³-hybridized carbons (Fsp3) is 0.280. The number of imidazole rings is 1. The lowest BCUT2D eigenvalue weighted by atomic mass is 10.1. The number of amides is 1. The molecule has 9 heteroatoms. The van der Waals surface area contributed by atoms with Gasteiger partial charge in [-0.1, -0.05) is 36.4 Å². The van der Waals surface area contributed by atoms with Crippen molar-refractivity contribution in [2.45, 2.75) is 35.9 Å². The van der Waals surface area contributed by atoms with Gasteiger partial charge in [0, 0.05) is 37.7 Å². The normalized spacial score (nSPS) is 15.1. The van der Waals surface area contributed by atoms with Gasteiger partial charge in [-0.3, -0.25) is 9.36 Å². The van der Waals surface area contributed by atoms with Gasteiger partial charge in [-0.15, -0.1) is 11.3 Å². The van der Waals surface area contributed by atoms with Crippen LogP contribution in [0.4, 0.5) is 0 Å². The average molecular weight is 495 g/mol. The first-order valence-corrected chi connectivity index (χ1v) is 13.7. The Labute approximate surface area is 203 Å². The van der Waals surface area contributed by atoms with Gasteiger partial charge in [0.25, 0.3) is 0 Å². The second kappa shape index (κ2) is 9.69. The van der Waals surface area contributed by atoms with E-state index in [0.717, 1.165) is 22.5 Å². The summed E-state index contributed by atoms with van der Waals surface area (Å²) in [5.41, 5.74) is 2.96. The number of nitrogens with one attached hydrogen (secondary N) is 1. The third-order valence-corrected chi connectivity index (χ3v) is 9.05. The van der Waals surface area contributed by atoms with E-state index in [1.54, 1.807) is 17.5 Å². The van der Waals surface area contributed by atoms with E-state index >= 15 is 0 Å². The summed E-state index contributed by atoms with van der Waals surface area (Å²) in [6, 6.07) is 21.2. The van der Waals surface area contributed by atoms with Gasteiger partial charge in [0.15, 0.2) is 0 Å². The fourth-order valence-electron chi connectivity index (χ4n) is 4.43. The molecule has 4 aromatic rings. The number of thiophene rings is 1. The Morgan fingerprint density at radius 2 is 1.74 bits per heavy atom. The summed E-state index contributed by atoms with van der Waals surface area (Å²) in [7, 11) is -3.49. The number of sulfonamides is 1. The molecule has 0 bridgehead atoms.